The van der Waals surface area contributed by atoms with E-state index in [4.69, 9.17) is 0 Å². The van der Waals surface area contributed by atoms with Gasteiger partial charge in [-0.1, -0.05) is 17.4 Å². The van der Waals surface area contributed by atoms with Gasteiger partial charge in [0.2, 0.25) is 0 Å². The summed E-state index contributed by atoms with van der Waals surface area (Å²) in [4.78, 5) is 22.0. The van der Waals surface area contributed by atoms with Crippen molar-refractivity contribution in [2.24, 2.45) is 0 Å². The number of fused-ring (bicyclic) bond motifs is 1. The van der Waals surface area contributed by atoms with Crippen LogP contribution in [0, 0.1) is 0 Å². The number of amides is 1. The van der Waals surface area contributed by atoms with Crippen molar-refractivity contribution < 1.29 is 13.2 Å². The Kier molecular flexibility index (Phi) is 6.98. The Morgan fingerprint density at radius 3 is 2.52 bits per heavy atom. The van der Waals surface area contributed by atoms with Gasteiger partial charge in [-0.05, 0) is 43.7 Å². The van der Waals surface area contributed by atoms with E-state index in [1.54, 1.807) is 29.2 Å². The number of carbonyl (C=O) groups is 1. The largest absolute Gasteiger partial charge is 0.308 e. The predicted molar refractivity (Wildman–Crippen MR) is 115 cm³/mol. The number of likely N-dealkylation sites (N-methyl/N-ethyl adjacent to an activating group) is 1. The smallest absolute Gasteiger partial charge is 0.270 e. The summed E-state index contributed by atoms with van der Waals surface area (Å²) in [6.07, 6.45) is 1.18. The van der Waals surface area contributed by atoms with Crippen molar-refractivity contribution >= 4 is 66.2 Å². The Bertz CT molecular complexity index is 1030. The molecule has 3 aromatic rings. The summed E-state index contributed by atoms with van der Waals surface area (Å²) >= 11 is 2.72. The van der Waals surface area contributed by atoms with Gasteiger partial charge in [0.1, 0.15) is 0 Å². The highest BCUT2D eigenvalue weighted by atomic mass is 35.5. The van der Waals surface area contributed by atoms with Crippen LogP contribution in [0.25, 0.3) is 10.2 Å². The lowest BCUT2D eigenvalue weighted by Crippen LogP contribution is -2.36. The molecule has 146 valence electrons. The summed E-state index contributed by atoms with van der Waals surface area (Å²) in [5.74, 6) is -0.0933. The second kappa shape index (κ2) is 8.66. The van der Waals surface area contributed by atoms with Gasteiger partial charge in [-0.15, -0.1) is 23.7 Å². The van der Waals surface area contributed by atoms with Crippen LogP contribution in [0.15, 0.2) is 40.6 Å². The number of carbonyl (C=O) groups excluding carboxylic acids is 1. The number of halogens is 1. The van der Waals surface area contributed by atoms with Gasteiger partial charge in [-0.3, -0.25) is 9.69 Å². The molecule has 3 rings (SSSR count). The fourth-order valence-corrected chi connectivity index (χ4v) is 4.78. The second-order valence-electron chi connectivity index (χ2n) is 6.14. The molecule has 0 aliphatic heterocycles. The number of hydrogen-bond donors (Lipinski definition) is 0. The minimum Gasteiger partial charge on any atom is -0.308 e. The van der Waals surface area contributed by atoms with E-state index >= 15 is 0 Å². The normalized spacial score (nSPS) is 11.6. The van der Waals surface area contributed by atoms with E-state index in [0.717, 1.165) is 4.70 Å². The molecule has 0 atom stereocenters. The van der Waals surface area contributed by atoms with Crippen LogP contribution in [0.3, 0.4) is 0 Å². The Labute approximate surface area is 172 Å². The number of anilines is 1. The quantitative estimate of drug-likeness (QED) is 0.581. The molecule has 1 aromatic carbocycles. The first-order chi connectivity index (χ1) is 12.3. The van der Waals surface area contributed by atoms with Gasteiger partial charge in [0.05, 0.1) is 20.0 Å². The second-order valence-corrected chi connectivity index (χ2v) is 10.1. The zero-order valence-electron chi connectivity index (χ0n) is 15.1. The van der Waals surface area contributed by atoms with Crippen LogP contribution in [-0.2, 0) is 9.84 Å². The molecule has 0 fully saturated rings. The zero-order chi connectivity index (χ0) is 18.9. The van der Waals surface area contributed by atoms with Gasteiger partial charge in [-0.25, -0.2) is 13.4 Å². The van der Waals surface area contributed by atoms with E-state index < -0.39 is 9.84 Å². The van der Waals surface area contributed by atoms with Crippen molar-refractivity contribution in [1.82, 2.24) is 9.88 Å². The minimum absolute atomic E-state index is 0. The lowest BCUT2D eigenvalue weighted by atomic mass is 10.3. The van der Waals surface area contributed by atoms with E-state index in [1.807, 2.05) is 30.4 Å². The highest BCUT2D eigenvalue weighted by molar-refractivity contribution is 7.90. The minimum atomic E-state index is -3.29. The van der Waals surface area contributed by atoms with Crippen molar-refractivity contribution in [2.75, 3.05) is 38.3 Å². The highest BCUT2D eigenvalue weighted by Crippen LogP contribution is 2.31. The van der Waals surface area contributed by atoms with Crippen LogP contribution < -0.4 is 4.90 Å². The van der Waals surface area contributed by atoms with Gasteiger partial charge >= 0.3 is 0 Å². The van der Waals surface area contributed by atoms with Crippen LogP contribution >= 0.6 is 35.1 Å². The average Bonchev–Trinajstić information content (AvgIpc) is 3.22. The topological polar surface area (TPSA) is 70.6 Å². The molecule has 27 heavy (non-hydrogen) atoms. The van der Waals surface area contributed by atoms with Crippen LogP contribution in [0.4, 0.5) is 5.13 Å². The van der Waals surface area contributed by atoms with E-state index in [-0.39, 0.29) is 23.2 Å². The lowest BCUT2D eigenvalue weighted by Gasteiger charge is -2.21. The van der Waals surface area contributed by atoms with Gasteiger partial charge in [-0.2, -0.15) is 0 Å². The first kappa shape index (κ1) is 21.8. The molecule has 0 unspecified atom stereocenters. The number of thiophene rings is 1. The first-order valence-electron chi connectivity index (χ1n) is 7.86. The molecule has 2 heterocycles. The summed E-state index contributed by atoms with van der Waals surface area (Å²) in [5, 5.41) is 2.44. The van der Waals surface area contributed by atoms with Crippen molar-refractivity contribution in [3.63, 3.8) is 0 Å². The molecule has 0 saturated heterocycles. The monoisotopic (exact) mass is 445 g/mol. The van der Waals surface area contributed by atoms with Crippen molar-refractivity contribution in [1.29, 1.82) is 0 Å². The Balaban J connectivity index is 0.00000261. The summed E-state index contributed by atoms with van der Waals surface area (Å²) in [5.41, 5.74) is 0.686. The van der Waals surface area contributed by atoms with Crippen LogP contribution in [0.5, 0.6) is 0 Å². The van der Waals surface area contributed by atoms with Gasteiger partial charge in [0.15, 0.2) is 15.0 Å². The molecule has 2 aromatic heterocycles. The van der Waals surface area contributed by atoms with Crippen molar-refractivity contribution in [3.8, 4) is 0 Å². The lowest BCUT2D eigenvalue weighted by molar-refractivity contribution is 0.0989. The molecule has 0 aliphatic rings. The molecule has 0 aliphatic carbocycles. The Morgan fingerprint density at radius 2 is 1.93 bits per heavy atom. The maximum Gasteiger partial charge on any atom is 0.270 e. The Hall–Kier alpha value is -1.52. The number of hydrogen-bond acceptors (Lipinski definition) is 7. The molecule has 0 radical (unpaired) electrons. The highest BCUT2D eigenvalue weighted by Gasteiger charge is 2.22. The van der Waals surface area contributed by atoms with Crippen LogP contribution in [-0.4, -0.2) is 57.6 Å². The number of benzene rings is 1. The van der Waals surface area contributed by atoms with E-state index in [1.165, 1.54) is 28.9 Å². The fourth-order valence-electron chi connectivity index (χ4n) is 2.36. The maximum absolute atomic E-state index is 12.9. The fraction of sp³-hybridized carbons (Fsp3) is 0.294. The van der Waals surface area contributed by atoms with Crippen LogP contribution in [0.2, 0.25) is 0 Å². The third-order valence-corrected chi connectivity index (χ3v) is 6.76. The Morgan fingerprint density at radius 1 is 1.19 bits per heavy atom. The molecule has 0 spiro atoms. The number of sulfone groups is 1. The molecule has 1 amide bonds. The molecule has 6 nitrogen and oxygen atoms in total. The average molecular weight is 446 g/mol. The zero-order valence-corrected chi connectivity index (χ0v) is 18.3. The SMILES string of the molecule is CN(C)CCN(C(=O)c1cccs1)c1nc2ccc(S(C)(=O)=O)cc2s1.Cl. The summed E-state index contributed by atoms with van der Waals surface area (Å²) in [6.45, 7) is 1.20. The summed E-state index contributed by atoms with van der Waals surface area (Å²) < 4.78 is 24.3. The molecular formula is C17H20ClN3O3S3. The van der Waals surface area contributed by atoms with E-state index in [9.17, 15) is 13.2 Å². The molecule has 0 N–H and O–H groups in total. The maximum atomic E-state index is 12.9. The molecule has 10 heteroatoms. The summed E-state index contributed by atoms with van der Waals surface area (Å²) in [6, 6.07) is 8.49. The number of thiazole rings is 1. The van der Waals surface area contributed by atoms with Gasteiger partial charge < -0.3 is 4.90 Å². The number of nitrogens with zero attached hydrogens (tertiary/aromatic N) is 3. The van der Waals surface area contributed by atoms with E-state index in [0.29, 0.717) is 28.6 Å². The molecular weight excluding hydrogens is 426 g/mol. The van der Waals surface area contributed by atoms with Gasteiger partial charge in [0, 0.05) is 19.3 Å². The number of aromatic nitrogens is 1. The third-order valence-electron chi connectivity index (χ3n) is 3.76. The molecule has 0 bridgehead atoms. The summed E-state index contributed by atoms with van der Waals surface area (Å²) in [7, 11) is 0.613. The van der Waals surface area contributed by atoms with Crippen LogP contribution in [0.1, 0.15) is 9.67 Å². The predicted octanol–water partition coefficient (Wildman–Crippen LogP) is 3.39. The van der Waals surface area contributed by atoms with Crippen molar-refractivity contribution in [3.05, 3.63) is 40.6 Å². The van der Waals surface area contributed by atoms with E-state index in [2.05, 4.69) is 4.98 Å². The standard InChI is InChI=1S/C17H19N3O3S3.ClH/c1-19(2)8-9-20(16(21)14-5-4-10-24-14)17-18-13-7-6-12(26(3,22)23)11-15(13)25-17;/h4-7,10-11H,8-9H2,1-3H3;1H. The number of rotatable bonds is 6. The van der Waals surface area contributed by atoms with Crippen molar-refractivity contribution in [2.45, 2.75) is 4.90 Å². The molecule has 0 saturated carbocycles. The van der Waals surface area contributed by atoms with Gasteiger partial charge in [0.25, 0.3) is 5.91 Å². The third kappa shape index (κ3) is 5.05. The first-order valence-corrected chi connectivity index (χ1v) is 11.5.